The third kappa shape index (κ3) is 7.52. The van der Waals surface area contributed by atoms with Crippen molar-refractivity contribution in [3.63, 3.8) is 0 Å². The fourth-order valence-electron chi connectivity index (χ4n) is 2.41. The van der Waals surface area contributed by atoms with E-state index in [1.807, 2.05) is 6.92 Å². The highest BCUT2D eigenvalue weighted by atomic mass is 35.5. The molecule has 0 aliphatic heterocycles. The lowest BCUT2D eigenvalue weighted by Crippen LogP contribution is -2.36. The van der Waals surface area contributed by atoms with Crippen molar-refractivity contribution in [3.8, 4) is 0 Å². The van der Waals surface area contributed by atoms with Gasteiger partial charge in [0, 0.05) is 6.04 Å². The van der Waals surface area contributed by atoms with E-state index in [1.165, 1.54) is 0 Å². The summed E-state index contributed by atoms with van der Waals surface area (Å²) in [7, 11) is 0. The van der Waals surface area contributed by atoms with Crippen molar-refractivity contribution in [2.45, 2.75) is 45.8 Å². The lowest BCUT2D eigenvalue weighted by molar-refractivity contribution is -0.137. The molecule has 0 aromatic heterocycles. The Hall–Kier alpha value is -1.47. The van der Waals surface area contributed by atoms with Gasteiger partial charge in [-0.25, -0.2) is 4.79 Å². The van der Waals surface area contributed by atoms with Gasteiger partial charge in [-0.2, -0.15) is 13.2 Å². The number of nitrogens with zero attached hydrogens (tertiary/aromatic N) is 1. The summed E-state index contributed by atoms with van der Waals surface area (Å²) in [6.45, 7) is 8.95. The van der Waals surface area contributed by atoms with Crippen LogP contribution in [0.3, 0.4) is 0 Å². The Labute approximate surface area is 151 Å². The molecule has 0 aliphatic rings. The Balaban J connectivity index is 2.53. The first-order valence-corrected chi connectivity index (χ1v) is 8.71. The van der Waals surface area contributed by atoms with E-state index in [-0.39, 0.29) is 16.8 Å². The summed E-state index contributed by atoms with van der Waals surface area (Å²) in [5.74, 6) is 0. The van der Waals surface area contributed by atoms with Crippen molar-refractivity contribution in [3.05, 3.63) is 28.8 Å². The molecule has 0 radical (unpaired) electrons. The molecule has 1 rings (SSSR count). The van der Waals surface area contributed by atoms with E-state index < -0.39 is 17.8 Å². The van der Waals surface area contributed by atoms with E-state index in [2.05, 4.69) is 29.4 Å². The van der Waals surface area contributed by atoms with Crippen LogP contribution in [0.25, 0.3) is 0 Å². The Bertz CT molecular complexity index is 563. The molecule has 0 bridgehead atoms. The van der Waals surface area contributed by atoms with E-state index in [4.69, 9.17) is 11.6 Å². The molecule has 0 fully saturated rings. The molecule has 0 saturated heterocycles. The molecule has 142 valence electrons. The van der Waals surface area contributed by atoms with E-state index in [9.17, 15) is 18.0 Å². The van der Waals surface area contributed by atoms with Gasteiger partial charge in [0.05, 0.1) is 16.3 Å². The Morgan fingerprint density at radius 2 is 1.92 bits per heavy atom. The summed E-state index contributed by atoms with van der Waals surface area (Å²) in [4.78, 5) is 14.3. The number of anilines is 1. The summed E-state index contributed by atoms with van der Waals surface area (Å²) in [6, 6.07) is 2.15. The number of urea groups is 1. The number of hydrogen-bond acceptors (Lipinski definition) is 2. The van der Waals surface area contributed by atoms with Gasteiger partial charge in [-0.05, 0) is 57.6 Å². The molecule has 8 heteroatoms. The summed E-state index contributed by atoms with van der Waals surface area (Å²) < 4.78 is 38.2. The van der Waals surface area contributed by atoms with Crippen molar-refractivity contribution in [1.82, 2.24) is 10.2 Å². The van der Waals surface area contributed by atoms with Crippen molar-refractivity contribution in [2.24, 2.45) is 0 Å². The lowest BCUT2D eigenvalue weighted by Gasteiger charge is -2.20. The standard InChI is InChI=1S/C17H25ClF3N3O/c1-4-24(5-2)10-6-7-12(3)22-16(25)23-15-11-13(17(19,20)21)8-9-14(15)18/h8-9,11-12H,4-7,10H2,1-3H3,(H2,22,23,25). The summed E-state index contributed by atoms with van der Waals surface area (Å²) in [5, 5.41) is 5.15. The van der Waals surface area contributed by atoms with Crippen LogP contribution in [0.15, 0.2) is 18.2 Å². The van der Waals surface area contributed by atoms with E-state index >= 15 is 0 Å². The Morgan fingerprint density at radius 3 is 2.48 bits per heavy atom. The number of benzene rings is 1. The second-order valence-corrected chi connectivity index (χ2v) is 6.27. The van der Waals surface area contributed by atoms with Crippen LogP contribution in [0.1, 0.15) is 39.2 Å². The molecule has 1 atom stereocenters. The lowest BCUT2D eigenvalue weighted by atomic mass is 10.1. The predicted molar refractivity (Wildman–Crippen MR) is 95.1 cm³/mol. The van der Waals surface area contributed by atoms with Crippen molar-refractivity contribution in [1.29, 1.82) is 0 Å². The summed E-state index contributed by atoms with van der Waals surface area (Å²) >= 11 is 5.86. The zero-order valence-electron chi connectivity index (χ0n) is 14.7. The zero-order valence-corrected chi connectivity index (χ0v) is 15.5. The third-order valence-corrected chi connectivity index (χ3v) is 4.25. The van der Waals surface area contributed by atoms with Crippen LogP contribution in [0, 0.1) is 0 Å². The SMILES string of the molecule is CCN(CC)CCCC(C)NC(=O)Nc1cc(C(F)(F)F)ccc1Cl. The average molecular weight is 380 g/mol. The predicted octanol–water partition coefficient (Wildman–Crippen LogP) is 4.99. The zero-order chi connectivity index (χ0) is 19.0. The maximum atomic E-state index is 12.7. The van der Waals surface area contributed by atoms with Crippen molar-refractivity contribution < 1.29 is 18.0 Å². The minimum absolute atomic E-state index is 0.0531. The number of hydrogen-bond donors (Lipinski definition) is 2. The van der Waals surface area contributed by atoms with Gasteiger partial charge in [0.1, 0.15) is 0 Å². The largest absolute Gasteiger partial charge is 0.416 e. The fourth-order valence-corrected chi connectivity index (χ4v) is 2.58. The van der Waals surface area contributed by atoms with Crippen LogP contribution < -0.4 is 10.6 Å². The van der Waals surface area contributed by atoms with Gasteiger partial charge in [-0.15, -0.1) is 0 Å². The number of alkyl halides is 3. The summed E-state index contributed by atoms with van der Waals surface area (Å²) in [5.41, 5.74) is -0.927. The normalized spacial score (nSPS) is 13.0. The third-order valence-electron chi connectivity index (χ3n) is 3.93. The highest BCUT2D eigenvalue weighted by Gasteiger charge is 2.31. The number of amides is 2. The smallest absolute Gasteiger partial charge is 0.335 e. The molecule has 1 aromatic rings. The number of nitrogens with one attached hydrogen (secondary N) is 2. The average Bonchev–Trinajstić information content (AvgIpc) is 2.52. The second kappa shape index (κ2) is 9.87. The Morgan fingerprint density at radius 1 is 1.28 bits per heavy atom. The molecule has 0 aliphatic carbocycles. The number of carbonyl (C=O) groups excluding carboxylic acids is 1. The molecule has 25 heavy (non-hydrogen) atoms. The van der Waals surface area contributed by atoms with Gasteiger partial charge < -0.3 is 15.5 Å². The number of halogens is 4. The highest BCUT2D eigenvalue weighted by Crippen LogP contribution is 2.33. The van der Waals surface area contributed by atoms with Crippen LogP contribution in [0.5, 0.6) is 0 Å². The number of rotatable bonds is 8. The first-order chi connectivity index (χ1) is 11.7. The van der Waals surface area contributed by atoms with E-state index in [0.717, 1.165) is 50.7 Å². The monoisotopic (exact) mass is 379 g/mol. The van der Waals surface area contributed by atoms with Gasteiger partial charge in [0.15, 0.2) is 0 Å². The van der Waals surface area contributed by atoms with Crippen LogP contribution in [0.2, 0.25) is 5.02 Å². The maximum absolute atomic E-state index is 12.7. The van der Waals surface area contributed by atoms with Gasteiger partial charge in [-0.3, -0.25) is 0 Å². The van der Waals surface area contributed by atoms with Gasteiger partial charge in [0.2, 0.25) is 0 Å². The molecule has 2 amide bonds. The van der Waals surface area contributed by atoms with Gasteiger partial charge >= 0.3 is 12.2 Å². The van der Waals surface area contributed by atoms with Crippen LogP contribution in [-0.4, -0.2) is 36.6 Å². The minimum atomic E-state index is -4.49. The first kappa shape index (κ1) is 21.6. The molecule has 0 saturated carbocycles. The molecule has 0 heterocycles. The molecule has 1 aromatic carbocycles. The molecular weight excluding hydrogens is 355 g/mol. The quantitative estimate of drug-likeness (QED) is 0.668. The van der Waals surface area contributed by atoms with Crippen LogP contribution >= 0.6 is 11.6 Å². The second-order valence-electron chi connectivity index (χ2n) is 5.86. The first-order valence-electron chi connectivity index (χ1n) is 8.34. The van der Waals surface area contributed by atoms with Crippen LogP contribution in [0.4, 0.5) is 23.7 Å². The van der Waals surface area contributed by atoms with E-state index in [0.29, 0.717) is 0 Å². The molecular formula is C17H25ClF3N3O. The summed E-state index contributed by atoms with van der Waals surface area (Å²) in [6.07, 6.45) is -2.79. The van der Waals surface area contributed by atoms with Crippen molar-refractivity contribution in [2.75, 3.05) is 25.0 Å². The molecule has 0 spiro atoms. The molecule has 2 N–H and O–H groups in total. The minimum Gasteiger partial charge on any atom is -0.335 e. The topological polar surface area (TPSA) is 44.4 Å². The highest BCUT2D eigenvalue weighted by molar-refractivity contribution is 6.33. The number of carbonyl (C=O) groups is 1. The van der Waals surface area contributed by atoms with Gasteiger partial charge in [0.25, 0.3) is 0 Å². The Kier molecular flexibility index (Phi) is 8.52. The van der Waals surface area contributed by atoms with Gasteiger partial charge in [-0.1, -0.05) is 25.4 Å². The molecule has 1 unspecified atom stereocenters. The fraction of sp³-hybridized carbons (Fsp3) is 0.588. The maximum Gasteiger partial charge on any atom is 0.416 e. The van der Waals surface area contributed by atoms with Crippen LogP contribution in [-0.2, 0) is 6.18 Å². The molecule has 4 nitrogen and oxygen atoms in total. The van der Waals surface area contributed by atoms with E-state index in [1.54, 1.807) is 0 Å². The van der Waals surface area contributed by atoms with Crippen molar-refractivity contribution >= 4 is 23.3 Å².